The molecule has 1 amide bonds. The second-order valence-electron chi connectivity index (χ2n) is 6.21. The Morgan fingerprint density at radius 3 is 2.95 bits per heavy atom. The summed E-state index contributed by atoms with van der Waals surface area (Å²) >= 11 is 0. The standard InChI is InChI=1S/C15H24N4O3/c1-11(20)19(13-5-6-18(9-13)7-8-21-2)10-14-16-15(22-17-14)12-3-4-12/h12-13H,3-10H2,1-2H3. The van der Waals surface area contributed by atoms with Crippen LogP contribution < -0.4 is 0 Å². The second-order valence-corrected chi connectivity index (χ2v) is 6.21. The lowest BCUT2D eigenvalue weighted by molar-refractivity contribution is -0.131. The maximum Gasteiger partial charge on any atom is 0.229 e. The van der Waals surface area contributed by atoms with E-state index in [-0.39, 0.29) is 11.9 Å². The first-order valence-electron chi connectivity index (χ1n) is 7.98. The molecule has 2 fully saturated rings. The molecule has 1 aliphatic heterocycles. The molecule has 3 rings (SSSR count). The molecule has 0 N–H and O–H groups in total. The topological polar surface area (TPSA) is 71.7 Å². The Labute approximate surface area is 130 Å². The van der Waals surface area contributed by atoms with Crippen LogP contribution in [0.15, 0.2) is 4.52 Å². The Kier molecular flexibility index (Phi) is 4.73. The first-order chi connectivity index (χ1) is 10.7. The normalized spacial score (nSPS) is 22.2. The molecule has 0 bridgehead atoms. The van der Waals surface area contributed by atoms with Crippen LogP contribution in [0.5, 0.6) is 0 Å². The van der Waals surface area contributed by atoms with E-state index in [9.17, 15) is 4.79 Å². The summed E-state index contributed by atoms with van der Waals surface area (Å²) in [7, 11) is 1.71. The predicted octanol–water partition coefficient (Wildman–Crippen LogP) is 1.02. The van der Waals surface area contributed by atoms with Gasteiger partial charge in [-0.15, -0.1) is 0 Å². The number of hydrogen-bond acceptors (Lipinski definition) is 6. The summed E-state index contributed by atoms with van der Waals surface area (Å²) in [6.07, 6.45) is 3.25. The molecule has 0 radical (unpaired) electrons. The fourth-order valence-corrected chi connectivity index (χ4v) is 2.97. The van der Waals surface area contributed by atoms with E-state index in [0.717, 1.165) is 51.4 Å². The van der Waals surface area contributed by atoms with Crippen molar-refractivity contribution in [1.82, 2.24) is 19.9 Å². The zero-order chi connectivity index (χ0) is 15.5. The Bertz CT molecular complexity index is 515. The highest BCUT2D eigenvalue weighted by Crippen LogP contribution is 2.38. The molecule has 0 spiro atoms. The summed E-state index contributed by atoms with van der Waals surface area (Å²) in [6.45, 7) is 5.57. The molecule has 1 saturated heterocycles. The Hall–Kier alpha value is -1.47. The first-order valence-corrected chi connectivity index (χ1v) is 7.98. The van der Waals surface area contributed by atoms with Crippen LogP contribution in [-0.2, 0) is 16.1 Å². The van der Waals surface area contributed by atoms with Crippen LogP contribution in [0.25, 0.3) is 0 Å². The van der Waals surface area contributed by atoms with Gasteiger partial charge in [0.15, 0.2) is 5.82 Å². The van der Waals surface area contributed by atoms with Gasteiger partial charge in [0.2, 0.25) is 11.8 Å². The molecule has 22 heavy (non-hydrogen) atoms. The highest BCUT2D eigenvalue weighted by Gasteiger charge is 2.32. The number of rotatable bonds is 7. The lowest BCUT2D eigenvalue weighted by Gasteiger charge is -2.27. The SMILES string of the molecule is COCCN1CCC(N(Cc2noc(C3CC3)n2)C(C)=O)C1. The molecular formula is C15H24N4O3. The number of nitrogens with zero attached hydrogens (tertiary/aromatic N) is 4. The molecule has 122 valence electrons. The number of carbonyl (C=O) groups is 1. The van der Waals surface area contributed by atoms with Crippen LogP contribution in [0.2, 0.25) is 0 Å². The van der Waals surface area contributed by atoms with E-state index < -0.39 is 0 Å². The van der Waals surface area contributed by atoms with Crippen molar-refractivity contribution in [3.8, 4) is 0 Å². The number of amides is 1. The third-order valence-electron chi connectivity index (χ3n) is 4.43. The van der Waals surface area contributed by atoms with Crippen LogP contribution in [0.1, 0.15) is 43.8 Å². The third kappa shape index (κ3) is 3.64. The van der Waals surface area contributed by atoms with Crippen LogP contribution >= 0.6 is 0 Å². The fraction of sp³-hybridized carbons (Fsp3) is 0.800. The van der Waals surface area contributed by atoms with Gasteiger partial charge in [-0.2, -0.15) is 4.98 Å². The van der Waals surface area contributed by atoms with E-state index in [0.29, 0.717) is 18.3 Å². The molecule has 2 heterocycles. The summed E-state index contributed by atoms with van der Waals surface area (Å²) in [5.74, 6) is 1.86. The highest BCUT2D eigenvalue weighted by molar-refractivity contribution is 5.73. The molecule has 1 aliphatic carbocycles. The smallest absolute Gasteiger partial charge is 0.229 e. The average Bonchev–Trinajstić information content (AvgIpc) is 3.07. The minimum Gasteiger partial charge on any atom is -0.383 e. The van der Waals surface area contributed by atoms with Crippen LogP contribution in [0.4, 0.5) is 0 Å². The van der Waals surface area contributed by atoms with Gasteiger partial charge in [-0.3, -0.25) is 9.69 Å². The summed E-state index contributed by atoms with van der Waals surface area (Å²) in [5, 5.41) is 4.03. The van der Waals surface area contributed by atoms with Crippen molar-refractivity contribution < 1.29 is 14.1 Å². The molecule has 2 aliphatic rings. The monoisotopic (exact) mass is 308 g/mol. The molecule has 1 saturated carbocycles. The van der Waals surface area contributed by atoms with Gasteiger partial charge in [0.1, 0.15) is 0 Å². The average molecular weight is 308 g/mol. The minimum absolute atomic E-state index is 0.0661. The predicted molar refractivity (Wildman–Crippen MR) is 79.2 cm³/mol. The largest absolute Gasteiger partial charge is 0.383 e. The number of likely N-dealkylation sites (tertiary alicyclic amines) is 1. The van der Waals surface area contributed by atoms with Gasteiger partial charge in [-0.1, -0.05) is 5.16 Å². The van der Waals surface area contributed by atoms with E-state index in [1.54, 1.807) is 14.0 Å². The quantitative estimate of drug-likeness (QED) is 0.749. The fourth-order valence-electron chi connectivity index (χ4n) is 2.97. The van der Waals surface area contributed by atoms with Crippen molar-refractivity contribution in [2.24, 2.45) is 0 Å². The maximum absolute atomic E-state index is 12.0. The molecule has 1 aromatic heterocycles. The van der Waals surface area contributed by atoms with Gasteiger partial charge in [-0.05, 0) is 19.3 Å². The van der Waals surface area contributed by atoms with Crippen molar-refractivity contribution >= 4 is 5.91 Å². The molecule has 0 aromatic carbocycles. The van der Waals surface area contributed by atoms with E-state index >= 15 is 0 Å². The number of ether oxygens (including phenoxy) is 1. The number of methoxy groups -OCH3 is 1. The van der Waals surface area contributed by atoms with Crippen LogP contribution in [-0.4, -0.2) is 65.2 Å². The van der Waals surface area contributed by atoms with E-state index in [1.807, 2.05) is 4.90 Å². The van der Waals surface area contributed by atoms with Gasteiger partial charge in [-0.25, -0.2) is 0 Å². The van der Waals surface area contributed by atoms with E-state index in [1.165, 1.54) is 0 Å². The zero-order valence-electron chi connectivity index (χ0n) is 13.3. The van der Waals surface area contributed by atoms with Gasteiger partial charge in [0.25, 0.3) is 0 Å². The molecule has 1 unspecified atom stereocenters. The van der Waals surface area contributed by atoms with Crippen molar-refractivity contribution in [3.63, 3.8) is 0 Å². The minimum atomic E-state index is 0.0661. The molecule has 1 atom stereocenters. The van der Waals surface area contributed by atoms with Crippen molar-refractivity contribution in [2.75, 3.05) is 33.4 Å². The van der Waals surface area contributed by atoms with Gasteiger partial charge in [0, 0.05) is 45.6 Å². The lowest BCUT2D eigenvalue weighted by Crippen LogP contribution is -2.40. The van der Waals surface area contributed by atoms with Crippen LogP contribution in [0, 0.1) is 0 Å². The summed E-state index contributed by atoms with van der Waals surface area (Å²) in [5.41, 5.74) is 0. The van der Waals surface area contributed by atoms with Crippen molar-refractivity contribution in [3.05, 3.63) is 11.7 Å². The van der Waals surface area contributed by atoms with Crippen LogP contribution in [0.3, 0.4) is 0 Å². The second kappa shape index (κ2) is 6.75. The van der Waals surface area contributed by atoms with E-state index in [2.05, 4.69) is 15.0 Å². The summed E-state index contributed by atoms with van der Waals surface area (Å²) in [4.78, 5) is 20.6. The van der Waals surface area contributed by atoms with Gasteiger partial charge < -0.3 is 14.2 Å². The van der Waals surface area contributed by atoms with Crippen molar-refractivity contribution in [1.29, 1.82) is 0 Å². The third-order valence-corrected chi connectivity index (χ3v) is 4.43. The zero-order valence-corrected chi connectivity index (χ0v) is 13.3. The summed E-state index contributed by atoms with van der Waals surface area (Å²) < 4.78 is 10.4. The number of aromatic nitrogens is 2. The first kappa shape index (κ1) is 15.4. The molecule has 1 aromatic rings. The number of hydrogen-bond donors (Lipinski definition) is 0. The number of carbonyl (C=O) groups excluding carboxylic acids is 1. The van der Waals surface area contributed by atoms with Gasteiger partial charge >= 0.3 is 0 Å². The Morgan fingerprint density at radius 2 is 2.27 bits per heavy atom. The Morgan fingerprint density at radius 1 is 1.45 bits per heavy atom. The van der Waals surface area contributed by atoms with Gasteiger partial charge in [0.05, 0.1) is 13.2 Å². The summed E-state index contributed by atoms with van der Waals surface area (Å²) in [6, 6.07) is 0.220. The lowest BCUT2D eigenvalue weighted by atomic mass is 10.2. The Balaban J connectivity index is 1.58. The molecular weight excluding hydrogens is 284 g/mol. The highest BCUT2D eigenvalue weighted by atomic mass is 16.5. The molecule has 7 nitrogen and oxygen atoms in total. The van der Waals surface area contributed by atoms with Crippen molar-refractivity contribution in [2.45, 2.75) is 44.7 Å². The molecule has 7 heteroatoms. The van der Waals surface area contributed by atoms with E-state index in [4.69, 9.17) is 9.26 Å². The maximum atomic E-state index is 12.0.